The molecule has 0 saturated carbocycles. The van der Waals surface area contributed by atoms with Crippen LogP contribution in [0.25, 0.3) is 0 Å². The number of carbonyl (C=O) groups excluding carboxylic acids is 2. The summed E-state index contributed by atoms with van der Waals surface area (Å²) in [5, 5.41) is 6.09. The number of carbonyl (C=O) groups is 2. The van der Waals surface area contributed by atoms with Crippen LogP contribution >= 0.6 is 0 Å². The van der Waals surface area contributed by atoms with Crippen molar-refractivity contribution in [1.29, 1.82) is 0 Å². The fourth-order valence-corrected chi connectivity index (χ4v) is 4.10. The van der Waals surface area contributed by atoms with Crippen LogP contribution in [0, 0.1) is 0 Å². The lowest BCUT2D eigenvalue weighted by molar-refractivity contribution is -0.117. The number of hydrogen-bond donors (Lipinski definition) is 2. The number of anilines is 2. The van der Waals surface area contributed by atoms with Gasteiger partial charge in [0.05, 0.1) is 24.3 Å². The maximum Gasteiger partial charge on any atom is 0.252 e. The van der Waals surface area contributed by atoms with Crippen LogP contribution in [0.1, 0.15) is 35.7 Å². The number of fused-ring (bicyclic) bond motifs is 1. The third kappa shape index (κ3) is 4.24. The highest BCUT2D eigenvalue weighted by molar-refractivity contribution is 6.04. The molecule has 152 valence electrons. The van der Waals surface area contributed by atoms with E-state index in [9.17, 15) is 9.59 Å². The van der Waals surface area contributed by atoms with Gasteiger partial charge in [0.2, 0.25) is 5.91 Å². The van der Waals surface area contributed by atoms with Crippen molar-refractivity contribution >= 4 is 23.3 Å². The van der Waals surface area contributed by atoms with Crippen molar-refractivity contribution in [1.82, 2.24) is 15.2 Å². The van der Waals surface area contributed by atoms with E-state index in [1.807, 2.05) is 30.3 Å². The zero-order valence-corrected chi connectivity index (χ0v) is 16.7. The van der Waals surface area contributed by atoms with E-state index in [1.54, 1.807) is 17.2 Å². The van der Waals surface area contributed by atoms with E-state index in [0.29, 0.717) is 36.2 Å². The molecule has 3 heterocycles. The molecule has 0 aliphatic carbocycles. The largest absolute Gasteiger partial charge is 0.359 e. The first-order valence-corrected chi connectivity index (χ1v) is 10.3. The number of aromatic nitrogens is 1. The number of rotatable bonds is 6. The van der Waals surface area contributed by atoms with Crippen LogP contribution in [0.2, 0.25) is 0 Å². The molecule has 2 aromatic rings. The van der Waals surface area contributed by atoms with Crippen LogP contribution < -0.4 is 15.5 Å². The van der Waals surface area contributed by atoms with Gasteiger partial charge in [-0.15, -0.1) is 0 Å². The molecule has 1 fully saturated rings. The standard InChI is InChI=1S/C22H27N5O2/c1-2-26-10-6-9-18(26)13-25-22(29)17-11-19-21(23-12-17)24-14-20(28)27(19)15-16-7-4-3-5-8-16/h3-5,7-8,11-12,18H,2,6,9-10,13-15H2,1H3,(H,23,24)(H,25,29)/t18-/m0/s1. The van der Waals surface area contributed by atoms with E-state index < -0.39 is 0 Å². The molecule has 0 unspecified atom stereocenters. The van der Waals surface area contributed by atoms with Gasteiger partial charge >= 0.3 is 0 Å². The Bertz CT molecular complexity index is 886. The predicted molar refractivity (Wildman–Crippen MR) is 113 cm³/mol. The van der Waals surface area contributed by atoms with Gasteiger partial charge in [0, 0.05) is 18.8 Å². The molecular weight excluding hydrogens is 366 g/mol. The molecule has 1 aromatic carbocycles. The van der Waals surface area contributed by atoms with Crippen molar-refractivity contribution in [3.8, 4) is 0 Å². The third-order valence-electron chi connectivity index (χ3n) is 5.72. The van der Waals surface area contributed by atoms with Crippen LogP contribution in [0.15, 0.2) is 42.6 Å². The molecule has 0 spiro atoms. The van der Waals surface area contributed by atoms with Gasteiger partial charge in [0.15, 0.2) is 5.82 Å². The molecule has 1 saturated heterocycles. The first-order chi connectivity index (χ1) is 14.2. The first-order valence-electron chi connectivity index (χ1n) is 10.3. The Morgan fingerprint density at radius 1 is 1.31 bits per heavy atom. The SMILES string of the molecule is CCN1CCC[C@H]1CNC(=O)c1cnc2c(c1)N(Cc1ccccc1)C(=O)CN2. The van der Waals surface area contributed by atoms with E-state index in [0.717, 1.165) is 25.1 Å². The van der Waals surface area contributed by atoms with Crippen molar-refractivity contribution in [3.63, 3.8) is 0 Å². The molecule has 29 heavy (non-hydrogen) atoms. The molecule has 7 nitrogen and oxygen atoms in total. The van der Waals surface area contributed by atoms with Gasteiger partial charge in [0.1, 0.15) is 0 Å². The molecule has 1 atom stereocenters. The topological polar surface area (TPSA) is 77.6 Å². The second-order valence-corrected chi connectivity index (χ2v) is 7.55. The van der Waals surface area contributed by atoms with Crippen LogP contribution in [0.3, 0.4) is 0 Å². The number of likely N-dealkylation sites (N-methyl/N-ethyl adjacent to an activating group) is 1. The minimum absolute atomic E-state index is 0.0368. The summed E-state index contributed by atoms with van der Waals surface area (Å²) in [6, 6.07) is 12.0. The Hall–Kier alpha value is -2.93. The molecule has 0 bridgehead atoms. The minimum atomic E-state index is -0.152. The average molecular weight is 393 g/mol. The number of nitrogens with zero attached hydrogens (tertiary/aromatic N) is 3. The van der Waals surface area contributed by atoms with Gasteiger partial charge in [-0.25, -0.2) is 4.98 Å². The smallest absolute Gasteiger partial charge is 0.252 e. The molecule has 0 radical (unpaired) electrons. The summed E-state index contributed by atoms with van der Waals surface area (Å²) in [5.74, 6) is 0.441. The molecule has 2 aliphatic heterocycles. The average Bonchev–Trinajstić information content (AvgIpc) is 3.22. The number of likely N-dealkylation sites (tertiary alicyclic amines) is 1. The van der Waals surface area contributed by atoms with Crippen molar-refractivity contribution in [3.05, 3.63) is 53.7 Å². The van der Waals surface area contributed by atoms with Crippen LogP contribution in [0.4, 0.5) is 11.5 Å². The normalized spacial score (nSPS) is 19.0. The Kier molecular flexibility index (Phi) is 5.76. The summed E-state index contributed by atoms with van der Waals surface area (Å²) in [6.45, 7) is 5.54. The number of benzene rings is 1. The third-order valence-corrected chi connectivity index (χ3v) is 5.72. The van der Waals surface area contributed by atoms with E-state index in [2.05, 4.69) is 27.4 Å². The second kappa shape index (κ2) is 8.61. The van der Waals surface area contributed by atoms with Gasteiger partial charge in [-0.3, -0.25) is 14.5 Å². The predicted octanol–water partition coefficient (Wildman–Crippen LogP) is 2.25. The number of amides is 2. The molecule has 2 N–H and O–H groups in total. The molecule has 4 rings (SSSR count). The van der Waals surface area contributed by atoms with Gasteiger partial charge in [-0.05, 0) is 37.6 Å². The highest BCUT2D eigenvalue weighted by Gasteiger charge is 2.27. The molecule has 1 aromatic heterocycles. The minimum Gasteiger partial charge on any atom is -0.359 e. The molecule has 7 heteroatoms. The van der Waals surface area contributed by atoms with Crippen LogP contribution in [-0.4, -0.2) is 53.9 Å². The zero-order valence-electron chi connectivity index (χ0n) is 16.7. The van der Waals surface area contributed by atoms with Gasteiger partial charge < -0.3 is 15.5 Å². The fourth-order valence-electron chi connectivity index (χ4n) is 4.10. The van der Waals surface area contributed by atoms with Gasteiger partial charge in [-0.2, -0.15) is 0 Å². The maximum absolute atomic E-state index is 12.7. The zero-order chi connectivity index (χ0) is 20.2. The summed E-state index contributed by atoms with van der Waals surface area (Å²) in [5.41, 5.74) is 2.15. The fraction of sp³-hybridized carbons (Fsp3) is 0.409. The summed E-state index contributed by atoms with van der Waals surface area (Å²) in [6.07, 6.45) is 3.86. The lowest BCUT2D eigenvalue weighted by Crippen LogP contribution is -2.41. The van der Waals surface area contributed by atoms with E-state index in [1.165, 1.54) is 6.42 Å². The Morgan fingerprint density at radius 2 is 2.14 bits per heavy atom. The first kappa shape index (κ1) is 19.4. The van der Waals surface area contributed by atoms with Gasteiger partial charge in [-0.1, -0.05) is 37.3 Å². The Balaban J connectivity index is 1.50. The quantitative estimate of drug-likeness (QED) is 0.787. The van der Waals surface area contributed by atoms with Crippen LogP contribution in [-0.2, 0) is 11.3 Å². The van der Waals surface area contributed by atoms with Crippen molar-refractivity contribution < 1.29 is 9.59 Å². The summed E-state index contributed by atoms with van der Waals surface area (Å²) < 4.78 is 0. The second-order valence-electron chi connectivity index (χ2n) is 7.55. The van der Waals surface area contributed by atoms with Gasteiger partial charge in [0.25, 0.3) is 5.91 Å². The Labute approximate surface area is 171 Å². The molecule has 2 amide bonds. The summed E-state index contributed by atoms with van der Waals surface area (Å²) in [7, 11) is 0. The Morgan fingerprint density at radius 3 is 2.93 bits per heavy atom. The molecular formula is C22H27N5O2. The highest BCUT2D eigenvalue weighted by atomic mass is 16.2. The molecule has 2 aliphatic rings. The van der Waals surface area contributed by atoms with E-state index >= 15 is 0 Å². The lowest BCUT2D eigenvalue weighted by atomic mass is 10.1. The number of nitrogens with one attached hydrogen (secondary N) is 2. The monoisotopic (exact) mass is 393 g/mol. The van der Waals surface area contributed by atoms with Crippen molar-refractivity contribution in [2.24, 2.45) is 0 Å². The van der Waals surface area contributed by atoms with Crippen molar-refractivity contribution in [2.75, 3.05) is 36.4 Å². The lowest BCUT2D eigenvalue weighted by Gasteiger charge is -2.30. The van der Waals surface area contributed by atoms with E-state index in [-0.39, 0.29) is 18.4 Å². The number of hydrogen-bond acceptors (Lipinski definition) is 5. The maximum atomic E-state index is 12.7. The highest BCUT2D eigenvalue weighted by Crippen LogP contribution is 2.29. The van der Waals surface area contributed by atoms with Crippen molar-refractivity contribution in [2.45, 2.75) is 32.4 Å². The summed E-state index contributed by atoms with van der Waals surface area (Å²) >= 11 is 0. The number of pyridine rings is 1. The van der Waals surface area contributed by atoms with E-state index in [4.69, 9.17) is 0 Å². The summed E-state index contributed by atoms with van der Waals surface area (Å²) in [4.78, 5) is 33.8. The van der Waals surface area contributed by atoms with Crippen LogP contribution in [0.5, 0.6) is 0 Å².